The Morgan fingerprint density at radius 3 is 2.50 bits per heavy atom. The van der Waals surface area contributed by atoms with Crippen LogP contribution in [0.5, 0.6) is 0 Å². The zero-order valence-corrected chi connectivity index (χ0v) is 15.3. The van der Waals surface area contributed by atoms with Crippen LogP contribution in [0.3, 0.4) is 0 Å². The summed E-state index contributed by atoms with van der Waals surface area (Å²) in [5.74, 6) is -0.311. The number of anilines is 1. The van der Waals surface area contributed by atoms with Gasteiger partial charge in [-0.15, -0.1) is 0 Å². The number of halogens is 3. The SMILES string of the molecule is CCc1nc2ccc(C(=O)Nc3c(Cl)cc(Cl)cc3Cl)cn2c1C. The van der Waals surface area contributed by atoms with Crippen molar-refractivity contribution in [2.45, 2.75) is 20.3 Å². The van der Waals surface area contributed by atoms with Gasteiger partial charge in [0.15, 0.2) is 0 Å². The number of aromatic nitrogens is 2. The largest absolute Gasteiger partial charge is 0.319 e. The molecule has 2 heterocycles. The average Bonchev–Trinajstić information content (AvgIpc) is 2.86. The summed E-state index contributed by atoms with van der Waals surface area (Å²) in [6.45, 7) is 4.03. The number of carbonyl (C=O) groups excluding carboxylic acids is 1. The molecule has 24 heavy (non-hydrogen) atoms. The Morgan fingerprint density at radius 2 is 1.88 bits per heavy atom. The molecule has 0 aliphatic rings. The summed E-state index contributed by atoms with van der Waals surface area (Å²) in [6.07, 6.45) is 2.59. The Morgan fingerprint density at radius 1 is 1.21 bits per heavy atom. The Labute approximate surface area is 154 Å². The molecule has 0 saturated heterocycles. The van der Waals surface area contributed by atoms with Gasteiger partial charge in [0.2, 0.25) is 0 Å². The van der Waals surface area contributed by atoms with Crippen molar-refractivity contribution in [3.63, 3.8) is 0 Å². The van der Waals surface area contributed by atoms with Gasteiger partial charge < -0.3 is 9.72 Å². The standard InChI is InChI=1S/C17H14Cl3N3O/c1-3-14-9(2)23-8-10(4-5-15(23)21-14)17(24)22-16-12(19)6-11(18)7-13(16)20/h4-8H,3H2,1-2H3,(H,22,24). The number of nitrogens with one attached hydrogen (secondary N) is 1. The maximum Gasteiger partial charge on any atom is 0.257 e. The van der Waals surface area contributed by atoms with Crippen LogP contribution >= 0.6 is 34.8 Å². The molecule has 0 atom stereocenters. The van der Waals surface area contributed by atoms with Gasteiger partial charge >= 0.3 is 0 Å². The van der Waals surface area contributed by atoms with Crippen molar-refractivity contribution in [1.82, 2.24) is 9.38 Å². The molecule has 0 spiro atoms. The highest BCUT2D eigenvalue weighted by atomic mass is 35.5. The Kier molecular flexibility index (Phi) is 4.72. The number of carbonyl (C=O) groups is 1. The normalized spacial score (nSPS) is 11.0. The molecule has 0 aliphatic heterocycles. The van der Waals surface area contributed by atoms with E-state index in [1.807, 2.05) is 24.3 Å². The second kappa shape index (κ2) is 6.63. The van der Waals surface area contributed by atoms with Crippen LogP contribution < -0.4 is 5.32 Å². The Balaban J connectivity index is 1.96. The first kappa shape index (κ1) is 17.1. The minimum Gasteiger partial charge on any atom is -0.319 e. The number of rotatable bonds is 3. The minimum absolute atomic E-state index is 0.286. The van der Waals surface area contributed by atoms with Crippen LogP contribution in [0.4, 0.5) is 5.69 Å². The molecule has 0 aliphatic carbocycles. The molecule has 0 bridgehead atoms. The van der Waals surface area contributed by atoms with E-state index >= 15 is 0 Å². The molecular weight excluding hydrogens is 369 g/mol. The lowest BCUT2D eigenvalue weighted by atomic mass is 10.2. The van der Waals surface area contributed by atoms with Gasteiger partial charge in [0.1, 0.15) is 5.65 Å². The van der Waals surface area contributed by atoms with Gasteiger partial charge in [-0.2, -0.15) is 0 Å². The van der Waals surface area contributed by atoms with Crippen molar-refractivity contribution < 1.29 is 4.79 Å². The molecule has 2 aromatic heterocycles. The average molecular weight is 383 g/mol. The Hall–Kier alpha value is -1.75. The highest BCUT2D eigenvalue weighted by Gasteiger charge is 2.15. The van der Waals surface area contributed by atoms with Gasteiger partial charge in [0.25, 0.3) is 5.91 Å². The summed E-state index contributed by atoms with van der Waals surface area (Å²) in [5, 5.41) is 3.71. The molecule has 1 N–H and O–H groups in total. The molecule has 0 radical (unpaired) electrons. The van der Waals surface area contributed by atoms with E-state index < -0.39 is 0 Å². The zero-order valence-electron chi connectivity index (χ0n) is 13.0. The van der Waals surface area contributed by atoms with Crippen molar-refractivity contribution in [2.24, 2.45) is 0 Å². The summed E-state index contributed by atoms with van der Waals surface area (Å²) in [4.78, 5) is 17.1. The molecule has 1 aromatic carbocycles. The molecule has 7 heteroatoms. The number of amides is 1. The van der Waals surface area contributed by atoms with E-state index in [2.05, 4.69) is 10.3 Å². The third-order valence-electron chi connectivity index (χ3n) is 3.80. The smallest absolute Gasteiger partial charge is 0.257 e. The number of benzene rings is 1. The lowest BCUT2D eigenvalue weighted by Crippen LogP contribution is -2.13. The fourth-order valence-electron chi connectivity index (χ4n) is 2.53. The number of imidazole rings is 1. The summed E-state index contributed by atoms with van der Waals surface area (Å²) in [6, 6.07) is 6.59. The fraction of sp³-hybridized carbons (Fsp3) is 0.176. The number of hydrogen-bond acceptors (Lipinski definition) is 2. The highest BCUT2D eigenvalue weighted by molar-refractivity contribution is 6.42. The molecule has 124 valence electrons. The van der Waals surface area contributed by atoms with Crippen LogP contribution in [0.15, 0.2) is 30.5 Å². The van der Waals surface area contributed by atoms with Crippen molar-refractivity contribution in [1.29, 1.82) is 0 Å². The first-order valence-corrected chi connectivity index (χ1v) is 8.47. The van der Waals surface area contributed by atoms with Crippen LogP contribution in [-0.2, 0) is 6.42 Å². The maximum atomic E-state index is 12.5. The van der Waals surface area contributed by atoms with Crippen molar-refractivity contribution in [3.8, 4) is 0 Å². The zero-order chi connectivity index (χ0) is 17.4. The number of hydrogen-bond donors (Lipinski definition) is 1. The van der Waals surface area contributed by atoms with Crippen LogP contribution in [0, 0.1) is 6.92 Å². The summed E-state index contributed by atoms with van der Waals surface area (Å²) in [5.41, 5.74) is 3.65. The summed E-state index contributed by atoms with van der Waals surface area (Å²) < 4.78 is 1.90. The van der Waals surface area contributed by atoms with Gasteiger partial charge in [0, 0.05) is 16.9 Å². The van der Waals surface area contributed by atoms with Gasteiger partial charge in [-0.05, 0) is 37.6 Å². The predicted octanol–water partition coefficient (Wildman–Crippen LogP) is 5.42. The Bertz CT molecular complexity index is 927. The van der Waals surface area contributed by atoms with Gasteiger partial charge in [-0.1, -0.05) is 41.7 Å². The predicted molar refractivity (Wildman–Crippen MR) is 98.7 cm³/mol. The first-order valence-electron chi connectivity index (χ1n) is 7.34. The van der Waals surface area contributed by atoms with Crippen molar-refractivity contribution >= 4 is 52.0 Å². The number of nitrogens with zero attached hydrogens (tertiary/aromatic N) is 2. The van der Waals surface area contributed by atoms with Crippen LogP contribution in [0.25, 0.3) is 5.65 Å². The first-order chi connectivity index (χ1) is 11.4. The van der Waals surface area contributed by atoms with E-state index in [-0.39, 0.29) is 16.0 Å². The lowest BCUT2D eigenvalue weighted by molar-refractivity contribution is 0.102. The molecular formula is C17H14Cl3N3O. The third kappa shape index (κ3) is 3.09. The second-order valence-corrected chi connectivity index (χ2v) is 6.59. The van der Waals surface area contributed by atoms with Crippen LogP contribution in [0.1, 0.15) is 28.7 Å². The monoisotopic (exact) mass is 381 g/mol. The van der Waals surface area contributed by atoms with Crippen LogP contribution in [0.2, 0.25) is 15.1 Å². The van der Waals surface area contributed by atoms with E-state index in [9.17, 15) is 4.79 Å². The quantitative estimate of drug-likeness (QED) is 0.657. The van der Waals surface area contributed by atoms with E-state index in [1.165, 1.54) is 12.1 Å². The topological polar surface area (TPSA) is 46.4 Å². The van der Waals surface area contributed by atoms with E-state index in [0.29, 0.717) is 16.3 Å². The fourth-order valence-corrected chi connectivity index (χ4v) is 3.44. The van der Waals surface area contributed by atoms with Crippen molar-refractivity contribution in [2.75, 3.05) is 5.32 Å². The number of pyridine rings is 1. The van der Waals surface area contributed by atoms with Gasteiger partial charge in [-0.25, -0.2) is 4.98 Å². The minimum atomic E-state index is -0.311. The van der Waals surface area contributed by atoms with Crippen LogP contribution in [-0.4, -0.2) is 15.3 Å². The molecule has 0 fully saturated rings. The van der Waals surface area contributed by atoms with E-state index in [0.717, 1.165) is 23.5 Å². The van der Waals surface area contributed by atoms with E-state index in [4.69, 9.17) is 34.8 Å². The van der Waals surface area contributed by atoms with Crippen molar-refractivity contribution in [3.05, 3.63) is 62.5 Å². The molecule has 0 saturated carbocycles. The van der Waals surface area contributed by atoms with E-state index in [1.54, 1.807) is 12.3 Å². The summed E-state index contributed by atoms with van der Waals surface area (Å²) in [7, 11) is 0. The number of fused-ring (bicyclic) bond motifs is 1. The maximum absolute atomic E-state index is 12.5. The molecule has 3 aromatic rings. The molecule has 3 rings (SSSR count). The molecule has 1 amide bonds. The van der Waals surface area contributed by atoms with Gasteiger partial charge in [-0.3, -0.25) is 4.79 Å². The van der Waals surface area contributed by atoms with Gasteiger partial charge in [0.05, 0.1) is 27.0 Å². The summed E-state index contributed by atoms with van der Waals surface area (Å²) >= 11 is 18.1. The molecule has 4 nitrogen and oxygen atoms in total. The lowest BCUT2D eigenvalue weighted by Gasteiger charge is -2.10. The third-order valence-corrected chi connectivity index (χ3v) is 4.61. The molecule has 0 unspecified atom stereocenters. The second-order valence-electron chi connectivity index (χ2n) is 5.34. The number of aryl methyl sites for hydroxylation is 2. The highest BCUT2D eigenvalue weighted by Crippen LogP contribution is 2.34.